The van der Waals surface area contributed by atoms with Gasteiger partial charge < -0.3 is 44.9 Å². The van der Waals surface area contributed by atoms with Gasteiger partial charge in [0.25, 0.3) is 5.91 Å². The number of carboxylic acids is 2. The maximum atomic E-state index is 13.7. The van der Waals surface area contributed by atoms with Crippen molar-refractivity contribution >= 4 is 60.1 Å². The molecular weight excluding hydrogens is 846 g/mol. The van der Waals surface area contributed by atoms with Crippen LogP contribution in [0.25, 0.3) is 11.2 Å². The molecule has 62 heavy (non-hydrogen) atoms. The lowest BCUT2D eigenvalue weighted by Gasteiger charge is -2.15. The molecule has 320 valence electrons. The Morgan fingerprint density at radius 1 is 0.952 bits per heavy atom. The Bertz CT molecular complexity index is 2660. The summed E-state index contributed by atoms with van der Waals surface area (Å²) in [6.07, 6.45) is 9.14. The van der Waals surface area contributed by atoms with Gasteiger partial charge in [0, 0.05) is 17.7 Å². The zero-order chi connectivity index (χ0) is 45.0. The third-order valence-corrected chi connectivity index (χ3v) is 9.43. The van der Waals surface area contributed by atoms with E-state index in [1.165, 1.54) is 54.7 Å². The van der Waals surface area contributed by atoms with Crippen LogP contribution >= 0.6 is 7.82 Å². The number of hydrogen-bond acceptors (Lipinski definition) is 15. The number of esters is 1. The molecule has 0 saturated heterocycles. The highest BCUT2D eigenvalue weighted by molar-refractivity contribution is 7.48. The summed E-state index contributed by atoms with van der Waals surface area (Å²) in [5.74, 6) is -4.78. The van der Waals surface area contributed by atoms with Crippen LogP contribution in [0.3, 0.4) is 0 Å². The van der Waals surface area contributed by atoms with Gasteiger partial charge in [-0.1, -0.05) is 25.0 Å². The molecule has 5 aromatic rings. The summed E-state index contributed by atoms with van der Waals surface area (Å²) in [6, 6.07) is 12.4. The topological polar surface area (TPSA) is 270 Å². The summed E-state index contributed by atoms with van der Waals surface area (Å²) in [4.78, 5) is 76.1. The van der Waals surface area contributed by atoms with Crippen LogP contribution in [-0.2, 0) is 46.9 Å². The van der Waals surface area contributed by atoms with E-state index in [4.69, 9.17) is 27.2 Å². The number of halogens is 3. The number of nitrogens with zero attached hydrogens (tertiary/aromatic N) is 3. The summed E-state index contributed by atoms with van der Waals surface area (Å²) in [7, 11) is -4.18. The zero-order valence-corrected chi connectivity index (χ0v) is 32.5. The van der Waals surface area contributed by atoms with Crippen molar-refractivity contribution in [3.8, 4) is 30.8 Å². The summed E-state index contributed by atoms with van der Waals surface area (Å²) in [5.41, 5.74) is -1.73. The molecule has 0 fully saturated rings. The standard InChI is InChI=1S/C39H31F3N7O12P/c1-3-58-62(57,59-4-2)60-18-17-22-5-12-27(13-6-22)61-37(56)28-14-9-24(39(40,41)42)19-30(28)47-38-48-33-32(35(53)49-38)45-26(21-44-33)20-43-25-10-7-23(8-11-25)34(52)46-29(36(54)55)15-16-31(50)51/h1-2,5-14,19,21,29,43H,15-18,20H2,(H,46,52)(H,50,51)(H,54,55)(H2,44,47,48,49,53)/t29-/m0/s1. The van der Waals surface area contributed by atoms with E-state index in [0.29, 0.717) is 23.4 Å². The van der Waals surface area contributed by atoms with Gasteiger partial charge >= 0.3 is 37.5 Å². The van der Waals surface area contributed by atoms with Gasteiger partial charge in [-0.15, -0.1) is 0 Å². The SMILES string of the molecule is C#COP(=O)(OC#C)OCCc1ccc(OC(=O)c2ccc(C(F)(F)F)cc2Nc2nc(=O)c3nc(CNc4ccc(C(=O)N[C@@H](CCC(=O)O)C(=O)O)cc4)cnc3[nH]2)cc1. The second-order valence-corrected chi connectivity index (χ2v) is 14.1. The number of rotatable bonds is 19. The minimum absolute atomic E-state index is 0.00198. The summed E-state index contributed by atoms with van der Waals surface area (Å²) in [5, 5.41) is 25.9. The average molecular weight is 878 g/mol. The Balaban J connectivity index is 1.25. The Labute approximate surface area is 347 Å². The van der Waals surface area contributed by atoms with Crippen molar-refractivity contribution in [2.45, 2.75) is 38.0 Å². The maximum Gasteiger partial charge on any atom is 0.604 e. The molecule has 2 aromatic heterocycles. The Hall–Kier alpha value is -7.94. The highest BCUT2D eigenvalue weighted by Gasteiger charge is 2.32. The summed E-state index contributed by atoms with van der Waals surface area (Å²) >= 11 is 0. The number of carboxylic acid groups (broad SMARTS) is 2. The molecule has 6 N–H and O–H groups in total. The van der Waals surface area contributed by atoms with Crippen LogP contribution in [0.15, 0.2) is 77.7 Å². The highest BCUT2D eigenvalue weighted by atomic mass is 31.2. The second kappa shape index (κ2) is 19.9. The number of amides is 1. The molecule has 0 aliphatic carbocycles. The Kier molecular flexibility index (Phi) is 14.5. The molecule has 0 aliphatic heterocycles. The number of aromatic amines is 1. The number of phosphoric ester groups is 1. The lowest BCUT2D eigenvalue weighted by molar-refractivity contribution is -0.141. The average Bonchev–Trinajstić information content (AvgIpc) is 3.22. The number of H-pyrrole nitrogens is 1. The molecule has 0 radical (unpaired) electrons. The quantitative estimate of drug-likeness (QED) is 0.0268. The van der Waals surface area contributed by atoms with Crippen molar-refractivity contribution in [3.63, 3.8) is 0 Å². The molecule has 0 spiro atoms. The number of alkyl halides is 3. The number of carbonyl (C=O) groups is 4. The largest absolute Gasteiger partial charge is 0.604 e. The number of hydrogen-bond donors (Lipinski definition) is 6. The molecule has 0 unspecified atom stereocenters. The number of fused-ring (bicyclic) bond motifs is 1. The first-order valence-electron chi connectivity index (χ1n) is 17.6. The fourth-order valence-electron chi connectivity index (χ4n) is 5.30. The number of ether oxygens (including phenoxy) is 1. The number of terminal acetylenes is 2. The first kappa shape index (κ1) is 45.1. The predicted molar refractivity (Wildman–Crippen MR) is 211 cm³/mol. The van der Waals surface area contributed by atoms with Crippen molar-refractivity contribution in [1.29, 1.82) is 0 Å². The molecule has 23 heteroatoms. The van der Waals surface area contributed by atoms with Crippen LogP contribution in [0.5, 0.6) is 5.75 Å². The molecule has 0 aliphatic rings. The Morgan fingerprint density at radius 2 is 1.65 bits per heavy atom. The van der Waals surface area contributed by atoms with E-state index < -0.39 is 67.1 Å². The van der Waals surface area contributed by atoms with Crippen LogP contribution < -0.4 is 26.2 Å². The predicted octanol–water partition coefficient (Wildman–Crippen LogP) is 5.24. The number of nitrogens with one attached hydrogen (secondary N) is 4. The molecule has 1 amide bonds. The van der Waals surface area contributed by atoms with Crippen molar-refractivity contribution < 1.29 is 65.4 Å². The van der Waals surface area contributed by atoms with Crippen LogP contribution in [0, 0.1) is 25.1 Å². The van der Waals surface area contributed by atoms with Gasteiger partial charge in [-0.3, -0.25) is 18.9 Å². The molecule has 2 heterocycles. The monoisotopic (exact) mass is 877 g/mol. The summed E-state index contributed by atoms with van der Waals surface area (Å²) in [6.45, 7) is -0.178. The molecule has 0 saturated carbocycles. The minimum atomic E-state index is -4.82. The van der Waals surface area contributed by atoms with E-state index in [0.717, 1.165) is 6.07 Å². The normalized spacial score (nSPS) is 11.6. The molecule has 0 bridgehead atoms. The molecular formula is C39H31F3N7O12P. The van der Waals surface area contributed by atoms with Crippen molar-refractivity contribution in [3.05, 3.63) is 111 Å². The van der Waals surface area contributed by atoms with E-state index in [2.05, 4.69) is 44.9 Å². The first-order chi connectivity index (χ1) is 29.5. The van der Waals surface area contributed by atoms with E-state index in [-0.39, 0.29) is 65.7 Å². The van der Waals surface area contributed by atoms with Gasteiger partial charge in [0.05, 0.1) is 41.9 Å². The second-order valence-electron chi connectivity index (χ2n) is 12.5. The van der Waals surface area contributed by atoms with Crippen molar-refractivity contribution in [2.75, 3.05) is 17.2 Å². The van der Waals surface area contributed by atoms with Crippen LogP contribution in [0.1, 0.15) is 50.4 Å². The van der Waals surface area contributed by atoms with Crippen LogP contribution in [-0.4, -0.2) is 66.6 Å². The lowest BCUT2D eigenvalue weighted by atomic mass is 10.1. The van der Waals surface area contributed by atoms with E-state index >= 15 is 0 Å². The van der Waals surface area contributed by atoms with E-state index in [1.54, 1.807) is 12.2 Å². The first-order valence-corrected chi connectivity index (χ1v) is 19.1. The third kappa shape index (κ3) is 12.3. The number of aromatic nitrogens is 4. The molecule has 5 rings (SSSR count). The van der Waals surface area contributed by atoms with E-state index in [1.807, 2.05) is 0 Å². The maximum absolute atomic E-state index is 13.7. The van der Waals surface area contributed by atoms with E-state index in [9.17, 15) is 46.8 Å². The fraction of sp³-hybridized carbons (Fsp3) is 0.179. The third-order valence-electron chi connectivity index (χ3n) is 8.27. The smallest absolute Gasteiger partial charge is 0.481 e. The van der Waals surface area contributed by atoms with Gasteiger partial charge in [0.2, 0.25) is 5.95 Å². The molecule has 1 atom stereocenters. The minimum Gasteiger partial charge on any atom is -0.481 e. The number of anilines is 3. The van der Waals surface area contributed by atoms with Gasteiger partial charge in [-0.2, -0.15) is 18.2 Å². The number of phosphoric acid groups is 1. The highest BCUT2D eigenvalue weighted by Crippen LogP contribution is 2.48. The van der Waals surface area contributed by atoms with Crippen LogP contribution in [0.4, 0.5) is 30.5 Å². The molecule has 19 nitrogen and oxygen atoms in total. The number of carbonyl (C=O) groups excluding carboxylic acids is 2. The van der Waals surface area contributed by atoms with Crippen molar-refractivity contribution in [2.24, 2.45) is 0 Å². The van der Waals surface area contributed by atoms with Gasteiger partial charge in [0.1, 0.15) is 24.0 Å². The fourth-order valence-corrected chi connectivity index (χ4v) is 6.01. The zero-order valence-electron chi connectivity index (χ0n) is 31.6. The lowest BCUT2D eigenvalue weighted by Crippen LogP contribution is -2.41. The van der Waals surface area contributed by atoms with Crippen molar-refractivity contribution in [1.82, 2.24) is 25.3 Å². The molecule has 3 aromatic carbocycles. The Morgan fingerprint density at radius 3 is 2.27 bits per heavy atom. The van der Waals surface area contributed by atoms with Crippen LogP contribution in [0.2, 0.25) is 0 Å². The van der Waals surface area contributed by atoms with Gasteiger partial charge in [0.15, 0.2) is 11.2 Å². The van der Waals surface area contributed by atoms with Gasteiger partial charge in [-0.05, 0) is 73.0 Å². The number of aliphatic carboxylic acids is 2. The summed E-state index contributed by atoms with van der Waals surface area (Å²) < 4.78 is 72.9. The van der Waals surface area contributed by atoms with Gasteiger partial charge in [-0.25, -0.2) is 24.1 Å². The number of benzene rings is 3.